The van der Waals surface area contributed by atoms with Crippen molar-refractivity contribution in [1.29, 1.82) is 0 Å². The molecule has 1 saturated heterocycles. The van der Waals surface area contributed by atoms with E-state index in [-0.39, 0.29) is 28.1 Å². The summed E-state index contributed by atoms with van der Waals surface area (Å²) in [5.74, 6) is -1.07. The third kappa shape index (κ3) is 7.62. The van der Waals surface area contributed by atoms with E-state index in [1.54, 1.807) is 6.07 Å². The fraction of sp³-hybridized carbons (Fsp3) is 0.286. The smallest absolute Gasteiger partial charge is 0.326 e. The molecule has 0 radical (unpaired) electrons. The summed E-state index contributed by atoms with van der Waals surface area (Å²) in [5, 5.41) is 13.2. The number of carboxylic acid groups (broad SMARTS) is 1. The molecule has 0 bridgehead atoms. The molecule has 1 heterocycles. The monoisotopic (exact) mass is 560 g/mol. The number of nitrogens with zero attached hydrogens (tertiary/aromatic N) is 1. The highest BCUT2D eigenvalue weighted by Gasteiger charge is 2.24. The molecule has 0 unspecified atom stereocenters. The lowest BCUT2D eigenvalue weighted by molar-refractivity contribution is -0.139. The predicted molar refractivity (Wildman–Crippen MR) is 146 cm³/mol. The van der Waals surface area contributed by atoms with Crippen LogP contribution in [0.4, 0.5) is 0 Å². The summed E-state index contributed by atoms with van der Waals surface area (Å²) in [6.07, 6.45) is 2.18. The molecule has 3 aromatic carbocycles. The van der Waals surface area contributed by atoms with Gasteiger partial charge in [0, 0.05) is 24.5 Å². The quantitative estimate of drug-likeness (QED) is 0.329. The molecule has 1 aliphatic heterocycles. The number of carboxylic acids is 1. The van der Waals surface area contributed by atoms with Crippen LogP contribution >= 0.6 is 34.8 Å². The van der Waals surface area contributed by atoms with Crippen LogP contribution in [0.3, 0.4) is 0 Å². The number of benzene rings is 3. The minimum absolute atomic E-state index is 0.0541. The Morgan fingerprint density at radius 3 is 2.27 bits per heavy atom. The number of nitrogens with one attached hydrogen (secondary N) is 1. The van der Waals surface area contributed by atoms with Crippen LogP contribution in [-0.4, -0.2) is 47.1 Å². The van der Waals surface area contributed by atoms with Crippen molar-refractivity contribution in [2.45, 2.75) is 38.0 Å². The van der Waals surface area contributed by atoms with Crippen molar-refractivity contribution in [1.82, 2.24) is 10.2 Å². The second-order valence-corrected chi connectivity index (χ2v) is 10.3. The van der Waals surface area contributed by atoms with Crippen molar-refractivity contribution in [3.8, 4) is 5.75 Å². The van der Waals surface area contributed by atoms with E-state index in [1.807, 2.05) is 48.5 Å². The Bertz CT molecular complexity index is 1210. The van der Waals surface area contributed by atoms with Gasteiger partial charge < -0.3 is 15.2 Å². The van der Waals surface area contributed by atoms with Gasteiger partial charge in [-0.2, -0.15) is 0 Å². The number of halogens is 3. The van der Waals surface area contributed by atoms with Crippen LogP contribution < -0.4 is 10.1 Å². The van der Waals surface area contributed by atoms with E-state index < -0.39 is 17.9 Å². The molecule has 3 aromatic rings. The number of aliphatic carboxylic acids is 1. The van der Waals surface area contributed by atoms with E-state index in [9.17, 15) is 14.7 Å². The van der Waals surface area contributed by atoms with Crippen molar-refractivity contribution in [2.24, 2.45) is 0 Å². The van der Waals surface area contributed by atoms with Crippen molar-refractivity contribution in [3.63, 3.8) is 0 Å². The SMILES string of the molecule is O=C(N[C@@H](Cc1ccc(O[C@H]2CCCN(Cc3ccc(Cl)cc3)C2)cc1)C(=O)O)c1c(Cl)cccc1Cl. The largest absolute Gasteiger partial charge is 0.489 e. The normalized spacial score (nSPS) is 16.7. The molecule has 194 valence electrons. The molecule has 6 nitrogen and oxygen atoms in total. The molecule has 0 saturated carbocycles. The summed E-state index contributed by atoms with van der Waals surface area (Å²) in [4.78, 5) is 26.9. The number of amides is 1. The number of likely N-dealkylation sites (tertiary alicyclic amines) is 1. The number of piperidine rings is 1. The first-order valence-corrected chi connectivity index (χ1v) is 13.1. The molecule has 2 atom stereocenters. The summed E-state index contributed by atoms with van der Waals surface area (Å²) in [7, 11) is 0. The molecular weight excluding hydrogens is 535 g/mol. The molecule has 1 amide bonds. The Kier molecular flexibility index (Phi) is 9.33. The number of carbonyl (C=O) groups excluding carboxylic acids is 1. The van der Waals surface area contributed by atoms with Crippen LogP contribution in [0.15, 0.2) is 66.7 Å². The average molecular weight is 562 g/mol. The summed E-state index contributed by atoms with van der Waals surface area (Å²) in [6.45, 7) is 2.68. The third-order valence-corrected chi connectivity index (χ3v) is 7.12. The van der Waals surface area contributed by atoms with Crippen molar-refractivity contribution in [2.75, 3.05) is 13.1 Å². The van der Waals surface area contributed by atoms with Gasteiger partial charge in [-0.3, -0.25) is 9.69 Å². The zero-order valence-electron chi connectivity index (χ0n) is 20.0. The minimum atomic E-state index is -1.15. The van der Waals surface area contributed by atoms with E-state index in [1.165, 1.54) is 17.7 Å². The van der Waals surface area contributed by atoms with Gasteiger partial charge in [0.1, 0.15) is 17.9 Å². The van der Waals surface area contributed by atoms with E-state index in [0.29, 0.717) is 0 Å². The third-order valence-electron chi connectivity index (χ3n) is 6.24. The van der Waals surface area contributed by atoms with E-state index >= 15 is 0 Å². The molecule has 0 spiro atoms. The lowest BCUT2D eigenvalue weighted by Crippen LogP contribution is -2.42. The maximum atomic E-state index is 12.7. The van der Waals surface area contributed by atoms with Crippen LogP contribution in [0.5, 0.6) is 5.75 Å². The van der Waals surface area contributed by atoms with Gasteiger partial charge >= 0.3 is 5.97 Å². The first-order chi connectivity index (χ1) is 17.8. The molecular formula is C28H27Cl3N2O4. The highest BCUT2D eigenvalue weighted by molar-refractivity contribution is 6.39. The second kappa shape index (κ2) is 12.7. The van der Waals surface area contributed by atoms with Crippen LogP contribution in [0.2, 0.25) is 15.1 Å². The van der Waals surface area contributed by atoms with Crippen LogP contribution in [0.1, 0.15) is 34.3 Å². The van der Waals surface area contributed by atoms with Gasteiger partial charge in [0.2, 0.25) is 0 Å². The summed E-state index contributed by atoms with van der Waals surface area (Å²) in [6, 6.07) is 18.7. The first-order valence-electron chi connectivity index (χ1n) is 12.0. The number of ether oxygens (including phenoxy) is 1. The maximum Gasteiger partial charge on any atom is 0.326 e. The predicted octanol–water partition coefficient (Wildman–Crippen LogP) is 6.12. The van der Waals surface area contributed by atoms with Gasteiger partial charge in [-0.1, -0.05) is 65.1 Å². The van der Waals surface area contributed by atoms with Crippen molar-refractivity contribution < 1.29 is 19.4 Å². The Labute approximate surface area is 231 Å². The molecule has 1 aliphatic rings. The zero-order chi connectivity index (χ0) is 26.4. The van der Waals surface area contributed by atoms with E-state index in [0.717, 1.165) is 48.8 Å². The molecule has 37 heavy (non-hydrogen) atoms. The standard InChI is InChI=1S/C28H27Cl3N2O4/c29-20-10-6-19(7-11-20)16-33-14-2-3-22(17-33)37-21-12-8-18(9-13-21)15-25(28(35)36)32-27(34)26-23(30)4-1-5-24(26)31/h1,4-13,22,25H,2-3,14-17H2,(H,32,34)(H,35,36)/t22-,25-/m0/s1. The molecule has 4 rings (SSSR count). The summed E-state index contributed by atoms with van der Waals surface area (Å²) >= 11 is 18.2. The molecule has 1 fully saturated rings. The number of hydrogen-bond acceptors (Lipinski definition) is 4. The molecule has 0 aliphatic carbocycles. The average Bonchev–Trinajstić information content (AvgIpc) is 2.86. The van der Waals surface area contributed by atoms with E-state index in [2.05, 4.69) is 10.2 Å². The Morgan fingerprint density at radius 1 is 0.973 bits per heavy atom. The first kappa shape index (κ1) is 27.3. The van der Waals surface area contributed by atoms with Gasteiger partial charge in [0.25, 0.3) is 5.91 Å². The Hall–Kier alpha value is -2.77. The minimum Gasteiger partial charge on any atom is -0.489 e. The van der Waals surface area contributed by atoms with Crippen LogP contribution in [-0.2, 0) is 17.8 Å². The highest BCUT2D eigenvalue weighted by Crippen LogP contribution is 2.25. The fourth-order valence-corrected chi connectivity index (χ4v) is 5.07. The Morgan fingerprint density at radius 2 is 1.62 bits per heavy atom. The number of rotatable bonds is 9. The van der Waals surface area contributed by atoms with Crippen LogP contribution in [0.25, 0.3) is 0 Å². The summed E-state index contributed by atoms with van der Waals surface area (Å²) < 4.78 is 6.22. The summed E-state index contributed by atoms with van der Waals surface area (Å²) in [5.41, 5.74) is 2.02. The lowest BCUT2D eigenvalue weighted by Gasteiger charge is -2.33. The lowest BCUT2D eigenvalue weighted by atomic mass is 10.0. The van der Waals surface area contributed by atoms with Gasteiger partial charge in [0.05, 0.1) is 15.6 Å². The highest BCUT2D eigenvalue weighted by atomic mass is 35.5. The topological polar surface area (TPSA) is 78.9 Å². The fourth-order valence-electron chi connectivity index (χ4n) is 4.38. The van der Waals surface area contributed by atoms with Gasteiger partial charge in [-0.25, -0.2) is 4.79 Å². The van der Waals surface area contributed by atoms with Gasteiger partial charge in [0.15, 0.2) is 0 Å². The maximum absolute atomic E-state index is 12.7. The molecule has 2 N–H and O–H groups in total. The van der Waals surface area contributed by atoms with E-state index in [4.69, 9.17) is 39.5 Å². The second-order valence-electron chi connectivity index (χ2n) is 9.05. The Balaban J connectivity index is 1.33. The zero-order valence-corrected chi connectivity index (χ0v) is 22.3. The van der Waals surface area contributed by atoms with Gasteiger partial charge in [-0.05, 0) is 66.9 Å². The van der Waals surface area contributed by atoms with Crippen molar-refractivity contribution >= 4 is 46.7 Å². The molecule has 9 heteroatoms. The van der Waals surface area contributed by atoms with Gasteiger partial charge in [-0.15, -0.1) is 0 Å². The molecule has 0 aromatic heterocycles. The number of carbonyl (C=O) groups is 2. The number of hydrogen-bond donors (Lipinski definition) is 2. The van der Waals surface area contributed by atoms with Crippen LogP contribution in [0, 0.1) is 0 Å². The van der Waals surface area contributed by atoms with Crippen molar-refractivity contribution in [3.05, 3.63) is 98.5 Å².